The second kappa shape index (κ2) is 3.55. The Hall–Kier alpha value is -0.805. The topological polar surface area (TPSA) is 54.4 Å². The predicted molar refractivity (Wildman–Crippen MR) is 44.0 cm³/mol. The first kappa shape index (κ1) is 8.29. The predicted octanol–water partition coefficient (Wildman–Crippen LogP) is -1.37. The van der Waals surface area contributed by atoms with Crippen molar-refractivity contribution in [3.8, 4) is 0 Å². The summed E-state index contributed by atoms with van der Waals surface area (Å²) in [4.78, 5) is 0.275. The highest BCUT2D eigenvalue weighted by Crippen LogP contribution is 1.96. The van der Waals surface area contributed by atoms with Gasteiger partial charge in [-0.2, -0.15) is 0 Å². The molecular formula is C6H7BO3S. The van der Waals surface area contributed by atoms with Crippen molar-refractivity contribution in [2.75, 3.05) is 0 Å². The van der Waals surface area contributed by atoms with Gasteiger partial charge < -0.3 is 5.02 Å². The van der Waals surface area contributed by atoms with Gasteiger partial charge in [0.15, 0.2) is 10.7 Å². The fourth-order valence-electron chi connectivity index (χ4n) is 0.723. The number of thiol groups is 1. The molecule has 1 aromatic rings. The fourth-order valence-corrected chi connectivity index (χ4v) is 1.12. The Morgan fingerprint density at radius 2 is 1.73 bits per heavy atom. The first-order chi connectivity index (χ1) is 5.24. The maximum atomic E-state index is 10.4. The Labute approximate surface area is 66.9 Å². The molecule has 3 nitrogen and oxygen atoms in total. The molecule has 1 rings (SSSR count). The first-order valence-electron chi connectivity index (χ1n) is 3.08. The summed E-state index contributed by atoms with van der Waals surface area (Å²) in [6.07, 6.45) is 0. The molecule has 0 radical (unpaired) electrons. The zero-order valence-electron chi connectivity index (χ0n) is 5.73. The summed E-state index contributed by atoms with van der Waals surface area (Å²) in [5.41, 5.74) is 0.714. The highest BCUT2D eigenvalue weighted by molar-refractivity contribution is 7.72. The van der Waals surface area contributed by atoms with Crippen LogP contribution in [-0.2, 0) is 10.7 Å². The molecule has 0 bridgehead atoms. The van der Waals surface area contributed by atoms with Crippen molar-refractivity contribution >= 4 is 23.6 Å². The maximum Gasteiger partial charge on any atom is 0.304 e. The van der Waals surface area contributed by atoms with Crippen molar-refractivity contribution in [2.45, 2.75) is 4.90 Å². The SMILES string of the molecule is O=[SH](=O)c1ccc(BO)cc1. The molecule has 0 aromatic heterocycles. The van der Waals surface area contributed by atoms with Gasteiger partial charge in [-0.15, -0.1) is 0 Å². The average Bonchev–Trinajstić information content (AvgIpc) is 2.05. The van der Waals surface area contributed by atoms with Crippen LogP contribution in [-0.4, -0.2) is 20.9 Å². The van der Waals surface area contributed by atoms with E-state index in [1.165, 1.54) is 12.1 Å². The average molecular weight is 170 g/mol. The quantitative estimate of drug-likeness (QED) is 0.425. The third-order valence-electron chi connectivity index (χ3n) is 1.33. The Morgan fingerprint density at radius 3 is 2.09 bits per heavy atom. The molecule has 0 aliphatic carbocycles. The second-order valence-corrected chi connectivity index (χ2v) is 3.11. The highest BCUT2D eigenvalue weighted by Gasteiger charge is 1.94. The fraction of sp³-hybridized carbons (Fsp3) is 0. The standard InChI is InChI=1S/C6H7BO3S/c8-7-5-1-3-6(4-2-5)11(9)10/h1-4,7-8,11H. The van der Waals surface area contributed by atoms with E-state index in [1.54, 1.807) is 12.1 Å². The van der Waals surface area contributed by atoms with E-state index in [2.05, 4.69) is 0 Å². The lowest BCUT2D eigenvalue weighted by Crippen LogP contribution is -2.12. The van der Waals surface area contributed by atoms with Gasteiger partial charge >= 0.3 is 7.48 Å². The minimum atomic E-state index is -2.49. The lowest BCUT2D eigenvalue weighted by molar-refractivity contribution is 0.613. The van der Waals surface area contributed by atoms with Crippen LogP contribution in [0.5, 0.6) is 0 Å². The molecule has 0 amide bonds. The van der Waals surface area contributed by atoms with E-state index in [4.69, 9.17) is 5.02 Å². The number of benzene rings is 1. The molecule has 0 saturated heterocycles. The molecule has 58 valence electrons. The summed E-state index contributed by atoms with van der Waals surface area (Å²) >= 11 is 0. The molecular weight excluding hydrogens is 163 g/mol. The summed E-state index contributed by atoms with van der Waals surface area (Å²) in [5.74, 6) is 0. The van der Waals surface area contributed by atoms with Crippen LogP contribution in [0, 0.1) is 0 Å². The van der Waals surface area contributed by atoms with Gasteiger partial charge in [-0.3, -0.25) is 0 Å². The largest absolute Gasteiger partial charge is 0.449 e. The highest BCUT2D eigenvalue weighted by atomic mass is 32.2. The zero-order valence-corrected chi connectivity index (χ0v) is 6.62. The summed E-state index contributed by atoms with van der Waals surface area (Å²) < 4.78 is 20.8. The summed E-state index contributed by atoms with van der Waals surface area (Å²) in [7, 11) is -2.55. The van der Waals surface area contributed by atoms with Crippen molar-refractivity contribution < 1.29 is 13.4 Å². The first-order valence-corrected chi connectivity index (χ1v) is 4.26. The molecule has 1 aromatic carbocycles. The van der Waals surface area contributed by atoms with Crippen molar-refractivity contribution in [3.05, 3.63) is 24.3 Å². The lowest BCUT2D eigenvalue weighted by Gasteiger charge is -1.92. The van der Waals surface area contributed by atoms with E-state index in [1.807, 2.05) is 0 Å². The Bertz CT molecular complexity index is 296. The Morgan fingerprint density at radius 1 is 1.18 bits per heavy atom. The zero-order chi connectivity index (χ0) is 8.27. The van der Waals surface area contributed by atoms with Crippen LogP contribution in [0.2, 0.25) is 0 Å². The molecule has 0 aliphatic rings. The van der Waals surface area contributed by atoms with E-state index >= 15 is 0 Å². The summed E-state index contributed by atoms with van der Waals surface area (Å²) in [6, 6.07) is 6.11. The molecule has 0 atom stereocenters. The smallest absolute Gasteiger partial charge is 0.304 e. The van der Waals surface area contributed by atoms with Gasteiger partial charge in [0.2, 0.25) is 0 Å². The maximum absolute atomic E-state index is 10.4. The van der Waals surface area contributed by atoms with Crippen LogP contribution >= 0.6 is 0 Å². The van der Waals surface area contributed by atoms with Crippen LogP contribution in [0.1, 0.15) is 0 Å². The van der Waals surface area contributed by atoms with Crippen molar-refractivity contribution in [2.24, 2.45) is 0 Å². The van der Waals surface area contributed by atoms with Crippen molar-refractivity contribution in [1.29, 1.82) is 0 Å². The Kier molecular flexibility index (Phi) is 2.67. The minimum absolute atomic E-state index is 0.0596. The van der Waals surface area contributed by atoms with Gasteiger partial charge in [-0.25, -0.2) is 8.42 Å². The van der Waals surface area contributed by atoms with Gasteiger partial charge in [-0.1, -0.05) is 17.6 Å². The van der Waals surface area contributed by atoms with Crippen LogP contribution in [0.3, 0.4) is 0 Å². The van der Waals surface area contributed by atoms with E-state index in [0.29, 0.717) is 5.46 Å². The number of rotatable bonds is 2. The van der Waals surface area contributed by atoms with Gasteiger partial charge in [0.25, 0.3) is 0 Å². The van der Waals surface area contributed by atoms with Gasteiger partial charge in [0, 0.05) is 0 Å². The molecule has 1 N–H and O–H groups in total. The van der Waals surface area contributed by atoms with Crippen molar-refractivity contribution in [1.82, 2.24) is 0 Å². The van der Waals surface area contributed by atoms with Crippen LogP contribution in [0.25, 0.3) is 0 Å². The summed E-state index contributed by atoms with van der Waals surface area (Å²) in [5, 5.41) is 8.62. The van der Waals surface area contributed by atoms with E-state index < -0.39 is 10.7 Å². The Balaban J connectivity index is 3.01. The third kappa shape index (κ3) is 2.06. The summed E-state index contributed by atoms with van der Waals surface area (Å²) in [6.45, 7) is 0. The second-order valence-electron chi connectivity index (χ2n) is 2.08. The minimum Gasteiger partial charge on any atom is -0.449 e. The normalized spacial score (nSPS) is 10.0. The van der Waals surface area contributed by atoms with Crippen LogP contribution < -0.4 is 5.46 Å². The molecule has 0 heterocycles. The molecule has 0 fully saturated rings. The van der Waals surface area contributed by atoms with Crippen molar-refractivity contribution in [3.63, 3.8) is 0 Å². The molecule has 0 spiro atoms. The van der Waals surface area contributed by atoms with Gasteiger partial charge in [0.1, 0.15) is 0 Å². The third-order valence-corrected chi connectivity index (χ3v) is 2.05. The van der Waals surface area contributed by atoms with Crippen LogP contribution in [0.15, 0.2) is 29.2 Å². The molecule has 0 aliphatic heterocycles. The van der Waals surface area contributed by atoms with Crippen LogP contribution in [0.4, 0.5) is 0 Å². The van der Waals surface area contributed by atoms with E-state index in [-0.39, 0.29) is 12.4 Å². The van der Waals surface area contributed by atoms with Gasteiger partial charge in [-0.05, 0) is 12.1 Å². The molecule has 11 heavy (non-hydrogen) atoms. The monoisotopic (exact) mass is 170 g/mol. The number of hydrogen-bond donors (Lipinski definition) is 2. The van der Waals surface area contributed by atoms with E-state index in [9.17, 15) is 8.42 Å². The number of hydrogen-bond acceptors (Lipinski definition) is 3. The molecule has 0 unspecified atom stereocenters. The van der Waals surface area contributed by atoms with Gasteiger partial charge in [0.05, 0.1) is 4.90 Å². The van der Waals surface area contributed by atoms with E-state index in [0.717, 1.165) is 0 Å². The molecule has 0 saturated carbocycles. The lowest BCUT2D eigenvalue weighted by atomic mass is 9.89. The molecule has 5 heteroatoms.